The second-order valence-corrected chi connectivity index (χ2v) is 27.6. The second-order valence-electron chi connectivity index (χ2n) is 27.6. The Bertz CT molecular complexity index is 1850. The lowest BCUT2D eigenvalue weighted by molar-refractivity contribution is -0.870. The molecule has 0 aromatic heterocycles. The first-order chi connectivity index (χ1) is 45.6. The van der Waals surface area contributed by atoms with E-state index in [0.717, 1.165) is 89.9 Å². The molecular weight excluding hydrogens is 1150 g/mol. The Morgan fingerprint density at radius 2 is 0.581 bits per heavy atom. The molecule has 0 heterocycles. The summed E-state index contributed by atoms with van der Waals surface area (Å²) in [6.45, 7) is 4.71. The molecule has 93 heavy (non-hydrogen) atoms. The molecule has 0 spiro atoms. The molecule has 0 saturated heterocycles. The molecule has 0 amide bonds. The van der Waals surface area contributed by atoms with E-state index in [1.807, 2.05) is 21.1 Å². The summed E-state index contributed by atoms with van der Waals surface area (Å²) in [6.07, 6.45) is 99.9. The number of aliphatic carboxylic acids is 1. The van der Waals surface area contributed by atoms with E-state index in [4.69, 9.17) is 18.9 Å². The Morgan fingerprint density at radius 1 is 0.323 bits per heavy atom. The number of carboxylic acid groups (broad SMARTS) is 1. The minimum Gasteiger partial charge on any atom is -0.477 e. The zero-order valence-electron chi connectivity index (χ0n) is 61.7. The molecular formula is C84H150NO8+. The number of carbonyl (C=O) groups is 3. The van der Waals surface area contributed by atoms with Crippen LogP contribution in [0, 0.1) is 0 Å². The highest BCUT2D eigenvalue weighted by Crippen LogP contribution is 2.19. The number of allylic oxidation sites excluding steroid dienone is 16. The molecule has 0 aromatic carbocycles. The number of ether oxygens (including phenoxy) is 4. The molecule has 538 valence electrons. The van der Waals surface area contributed by atoms with Gasteiger partial charge in [0.05, 0.1) is 34.4 Å². The van der Waals surface area contributed by atoms with Gasteiger partial charge in [-0.2, -0.15) is 0 Å². The third-order valence-electron chi connectivity index (χ3n) is 17.3. The average Bonchev–Trinajstić information content (AvgIpc) is 3.74. The lowest BCUT2D eigenvalue weighted by atomic mass is 10.0. The SMILES string of the molecule is CC/C=C\C/C=C\C/C=C\C/C=C\CCCCCCCCCCCCCCCCCCCCCCCCC(=O)OC(COC(=O)CCCCCCCCCCCCCCCCCCCCCC/C=C\C/C=C\C/C=C\C/C=C\CC)COC(OCC[N+](C)(C)C)C(=O)O. The average molecular weight is 1300 g/mol. The number of carboxylic acids is 1. The van der Waals surface area contributed by atoms with Gasteiger partial charge >= 0.3 is 17.9 Å². The third kappa shape index (κ3) is 75.5. The van der Waals surface area contributed by atoms with Crippen molar-refractivity contribution in [1.29, 1.82) is 0 Å². The van der Waals surface area contributed by atoms with Crippen LogP contribution in [0.25, 0.3) is 0 Å². The Hall–Kier alpha value is -3.79. The number of hydrogen-bond acceptors (Lipinski definition) is 7. The molecule has 2 unspecified atom stereocenters. The van der Waals surface area contributed by atoms with Gasteiger partial charge in [-0.25, -0.2) is 4.79 Å². The topological polar surface area (TPSA) is 108 Å². The molecule has 0 aliphatic rings. The van der Waals surface area contributed by atoms with Gasteiger partial charge in [0.1, 0.15) is 13.2 Å². The number of carbonyl (C=O) groups excluding carboxylic acids is 2. The van der Waals surface area contributed by atoms with E-state index < -0.39 is 18.4 Å². The van der Waals surface area contributed by atoms with Crippen molar-refractivity contribution >= 4 is 17.9 Å². The first-order valence-electron chi connectivity index (χ1n) is 39.4. The van der Waals surface area contributed by atoms with E-state index in [-0.39, 0.29) is 38.2 Å². The first-order valence-corrected chi connectivity index (χ1v) is 39.4. The van der Waals surface area contributed by atoms with E-state index in [1.165, 1.54) is 244 Å². The molecule has 0 radical (unpaired) electrons. The van der Waals surface area contributed by atoms with E-state index in [1.54, 1.807) is 0 Å². The van der Waals surface area contributed by atoms with Gasteiger partial charge in [0.25, 0.3) is 6.29 Å². The fourth-order valence-corrected chi connectivity index (χ4v) is 11.4. The van der Waals surface area contributed by atoms with Gasteiger partial charge in [-0.1, -0.05) is 355 Å². The molecule has 0 saturated carbocycles. The number of likely N-dealkylation sites (N-methyl/N-ethyl adjacent to an activating group) is 1. The molecule has 2 atom stereocenters. The lowest BCUT2D eigenvalue weighted by Crippen LogP contribution is -2.40. The summed E-state index contributed by atoms with van der Waals surface area (Å²) >= 11 is 0. The van der Waals surface area contributed by atoms with Crippen molar-refractivity contribution in [1.82, 2.24) is 0 Å². The van der Waals surface area contributed by atoms with Crippen LogP contribution in [0.15, 0.2) is 97.2 Å². The van der Waals surface area contributed by atoms with Crippen LogP contribution in [0.3, 0.4) is 0 Å². The quantitative estimate of drug-likeness (QED) is 0.0211. The van der Waals surface area contributed by atoms with Crippen LogP contribution >= 0.6 is 0 Å². The van der Waals surface area contributed by atoms with Crippen molar-refractivity contribution in [3.63, 3.8) is 0 Å². The summed E-state index contributed by atoms with van der Waals surface area (Å²) in [7, 11) is 5.99. The number of quaternary nitrogens is 1. The van der Waals surface area contributed by atoms with Gasteiger partial charge in [-0.05, 0) is 89.9 Å². The monoisotopic (exact) mass is 1300 g/mol. The summed E-state index contributed by atoms with van der Waals surface area (Å²) < 4.78 is 23.1. The minimum atomic E-state index is -1.51. The number of hydrogen-bond donors (Lipinski definition) is 1. The number of esters is 2. The lowest BCUT2D eigenvalue weighted by Gasteiger charge is -2.25. The van der Waals surface area contributed by atoms with Gasteiger partial charge in [0.15, 0.2) is 6.10 Å². The molecule has 9 heteroatoms. The van der Waals surface area contributed by atoms with Crippen molar-refractivity contribution in [2.45, 2.75) is 373 Å². The first kappa shape index (κ1) is 89.2. The molecule has 9 nitrogen and oxygen atoms in total. The summed E-state index contributed by atoms with van der Waals surface area (Å²) in [5.41, 5.74) is 0. The molecule has 0 aromatic rings. The normalized spacial score (nSPS) is 13.2. The van der Waals surface area contributed by atoms with Crippen LogP contribution in [0.4, 0.5) is 0 Å². The van der Waals surface area contributed by atoms with Crippen molar-refractivity contribution in [2.24, 2.45) is 0 Å². The van der Waals surface area contributed by atoms with Gasteiger partial charge in [-0.3, -0.25) is 9.59 Å². The van der Waals surface area contributed by atoms with Crippen LogP contribution in [0.1, 0.15) is 361 Å². The maximum Gasteiger partial charge on any atom is 0.361 e. The Labute approximate surface area is 575 Å². The van der Waals surface area contributed by atoms with Crippen molar-refractivity contribution in [3.05, 3.63) is 97.2 Å². The van der Waals surface area contributed by atoms with Crippen molar-refractivity contribution in [2.75, 3.05) is 47.5 Å². The fourth-order valence-electron chi connectivity index (χ4n) is 11.4. The fraction of sp³-hybridized carbons (Fsp3) is 0.774. The van der Waals surface area contributed by atoms with Gasteiger partial charge in [-0.15, -0.1) is 0 Å². The molecule has 0 aliphatic heterocycles. The molecule has 0 fully saturated rings. The summed E-state index contributed by atoms with van der Waals surface area (Å²) in [5.74, 6) is -1.98. The van der Waals surface area contributed by atoms with Crippen molar-refractivity contribution < 1.29 is 42.9 Å². The highest BCUT2D eigenvalue weighted by molar-refractivity contribution is 5.71. The predicted octanol–water partition coefficient (Wildman–Crippen LogP) is 25.1. The summed E-state index contributed by atoms with van der Waals surface area (Å²) in [6, 6.07) is 0. The van der Waals surface area contributed by atoms with Crippen LogP contribution in [0.2, 0.25) is 0 Å². The van der Waals surface area contributed by atoms with E-state index in [9.17, 15) is 19.5 Å². The standard InChI is InChI=1S/C84H149NO8/c1-6-8-10-12-14-16-18-20-22-24-26-28-30-32-34-36-38-40-41-43-45-47-49-51-53-55-57-59-61-63-65-67-69-71-73-75-82(87)93-80(79-92-84(83(88)89)90-77-76-85(3,4)5)78-91-81(86)74-72-70-68-66-64-62-60-58-56-54-52-50-48-46-44-42-39-37-35-33-31-29-27-25-23-21-19-17-15-13-11-9-7-2/h8-11,14-17,20-23,26-29,80,84H,6-7,12-13,18-19,24-25,30-79H2,1-5H3/p+1/b10-8-,11-9-,16-14-,17-15-,22-20-,23-21-,28-26-,29-27-. The highest BCUT2D eigenvalue weighted by atomic mass is 16.7. The van der Waals surface area contributed by atoms with E-state index in [0.29, 0.717) is 17.4 Å². The highest BCUT2D eigenvalue weighted by Gasteiger charge is 2.25. The zero-order chi connectivity index (χ0) is 67.5. The largest absolute Gasteiger partial charge is 0.477 e. The van der Waals surface area contributed by atoms with Crippen molar-refractivity contribution in [3.8, 4) is 0 Å². The third-order valence-corrected chi connectivity index (χ3v) is 17.3. The Balaban J connectivity index is 3.99. The number of rotatable bonds is 73. The molecule has 0 rings (SSSR count). The molecule has 0 bridgehead atoms. The Kier molecular flexibility index (Phi) is 71.0. The van der Waals surface area contributed by atoms with E-state index in [2.05, 4.69) is 111 Å². The zero-order valence-corrected chi connectivity index (χ0v) is 61.7. The minimum absolute atomic E-state index is 0.179. The molecule has 1 N–H and O–H groups in total. The second kappa shape index (κ2) is 74.0. The van der Waals surface area contributed by atoms with E-state index >= 15 is 0 Å². The van der Waals surface area contributed by atoms with Gasteiger partial charge in [0.2, 0.25) is 0 Å². The van der Waals surface area contributed by atoms with Crippen LogP contribution in [0.5, 0.6) is 0 Å². The van der Waals surface area contributed by atoms with Crippen LogP contribution in [-0.2, 0) is 33.3 Å². The van der Waals surface area contributed by atoms with Gasteiger partial charge in [0, 0.05) is 12.8 Å². The maximum atomic E-state index is 13.0. The smallest absolute Gasteiger partial charge is 0.361 e. The summed E-state index contributed by atoms with van der Waals surface area (Å²) in [5, 5.41) is 9.77. The Morgan fingerprint density at radius 3 is 0.860 bits per heavy atom. The van der Waals surface area contributed by atoms with Gasteiger partial charge < -0.3 is 28.5 Å². The summed E-state index contributed by atoms with van der Waals surface area (Å²) in [4.78, 5) is 37.7. The number of unbranched alkanes of at least 4 members (excludes halogenated alkanes) is 42. The molecule has 0 aliphatic carbocycles. The number of nitrogens with zero attached hydrogens (tertiary/aromatic N) is 1. The van der Waals surface area contributed by atoms with Crippen LogP contribution in [-0.4, -0.2) is 87.4 Å². The van der Waals surface area contributed by atoms with Crippen LogP contribution < -0.4 is 0 Å². The maximum absolute atomic E-state index is 13.0. The predicted molar refractivity (Wildman–Crippen MR) is 401 cm³/mol.